The molecule has 1 amide bonds. The van der Waals surface area contributed by atoms with E-state index in [-0.39, 0.29) is 12.4 Å². The number of rotatable bonds is 10. The number of nitrogens with one attached hydrogen (secondary N) is 1. The number of amides is 1. The molecule has 0 bridgehead atoms. The second-order valence-corrected chi connectivity index (χ2v) is 8.30. The van der Waals surface area contributed by atoms with Crippen LogP contribution in [0.25, 0.3) is 0 Å². The molecule has 0 radical (unpaired) electrons. The molecule has 0 aromatic heterocycles. The van der Waals surface area contributed by atoms with E-state index in [1.54, 1.807) is 26.2 Å². The Balaban J connectivity index is 1.80. The van der Waals surface area contributed by atoms with Crippen LogP contribution in [0.5, 0.6) is 11.5 Å². The molecule has 9 heteroatoms. The van der Waals surface area contributed by atoms with Crippen LogP contribution in [0.1, 0.15) is 20.8 Å². The Morgan fingerprint density at radius 1 is 1.06 bits per heavy atom. The number of benzene rings is 1. The van der Waals surface area contributed by atoms with E-state index in [1.807, 2.05) is 39.0 Å². The molecule has 1 N–H and O–H groups in total. The summed E-state index contributed by atoms with van der Waals surface area (Å²) in [6.07, 6.45) is -0.576. The largest absolute Gasteiger partial charge is 0.493 e. The predicted octanol–water partition coefficient (Wildman–Crippen LogP) is 2.66. The van der Waals surface area contributed by atoms with Gasteiger partial charge in [-0.3, -0.25) is 4.90 Å². The Morgan fingerprint density at radius 2 is 1.74 bits per heavy atom. The Morgan fingerprint density at radius 3 is 2.32 bits per heavy atom. The minimum atomic E-state index is -0.474. The third kappa shape index (κ3) is 8.43. The van der Waals surface area contributed by atoms with E-state index in [1.165, 1.54) is 0 Å². The van der Waals surface area contributed by atoms with Gasteiger partial charge in [0.05, 0.1) is 13.7 Å². The molecule has 1 heterocycles. The standard InChI is InChI=1S/C22H37N3O6/c1-22(2,3)31-21(26)25-11-9-24(10-12-25)13-14-30-19-15-17(7-8-18(19)27-4)23-16-20(28-5)29-6/h7-8,15,20,23H,9-14,16H2,1-6H3. The number of hydrogen-bond donors (Lipinski definition) is 1. The van der Waals surface area contributed by atoms with Gasteiger partial charge in [-0.15, -0.1) is 0 Å². The second kappa shape index (κ2) is 12.0. The van der Waals surface area contributed by atoms with E-state index in [4.69, 9.17) is 23.7 Å². The smallest absolute Gasteiger partial charge is 0.410 e. The molecule has 1 saturated heterocycles. The fourth-order valence-corrected chi connectivity index (χ4v) is 3.13. The van der Waals surface area contributed by atoms with Gasteiger partial charge in [-0.25, -0.2) is 4.79 Å². The number of nitrogens with zero attached hydrogens (tertiary/aromatic N) is 2. The molecule has 1 aromatic carbocycles. The van der Waals surface area contributed by atoms with E-state index in [9.17, 15) is 4.79 Å². The van der Waals surface area contributed by atoms with Crippen LogP contribution in [0.15, 0.2) is 18.2 Å². The van der Waals surface area contributed by atoms with Gasteiger partial charge in [-0.1, -0.05) is 0 Å². The molecular weight excluding hydrogens is 402 g/mol. The third-order valence-electron chi connectivity index (χ3n) is 4.85. The minimum Gasteiger partial charge on any atom is -0.493 e. The first kappa shape index (κ1) is 25.0. The number of piperazine rings is 1. The zero-order valence-corrected chi connectivity index (χ0v) is 19.6. The van der Waals surface area contributed by atoms with E-state index in [0.717, 1.165) is 25.3 Å². The van der Waals surface area contributed by atoms with Gasteiger partial charge in [-0.2, -0.15) is 0 Å². The van der Waals surface area contributed by atoms with Crippen LogP contribution >= 0.6 is 0 Å². The molecule has 1 aliphatic rings. The Kier molecular flexibility index (Phi) is 9.67. The fraction of sp³-hybridized carbons (Fsp3) is 0.682. The normalized spacial score (nSPS) is 15.1. The lowest BCUT2D eigenvalue weighted by atomic mass is 10.2. The van der Waals surface area contributed by atoms with Crippen LogP contribution in [-0.4, -0.2) is 95.0 Å². The van der Waals surface area contributed by atoms with Crippen LogP contribution < -0.4 is 14.8 Å². The Bertz CT molecular complexity index is 682. The van der Waals surface area contributed by atoms with Gasteiger partial charge in [0.1, 0.15) is 12.2 Å². The summed E-state index contributed by atoms with van der Waals surface area (Å²) >= 11 is 0. The summed E-state index contributed by atoms with van der Waals surface area (Å²) in [4.78, 5) is 16.2. The van der Waals surface area contributed by atoms with Crippen molar-refractivity contribution in [1.82, 2.24) is 9.80 Å². The van der Waals surface area contributed by atoms with Gasteiger partial charge in [0.15, 0.2) is 17.8 Å². The third-order valence-corrected chi connectivity index (χ3v) is 4.85. The van der Waals surface area contributed by atoms with E-state index in [2.05, 4.69) is 10.2 Å². The highest BCUT2D eigenvalue weighted by Crippen LogP contribution is 2.30. The number of ether oxygens (including phenoxy) is 5. The quantitative estimate of drug-likeness (QED) is 0.558. The van der Waals surface area contributed by atoms with Gasteiger partial charge in [0, 0.05) is 58.7 Å². The van der Waals surface area contributed by atoms with E-state index in [0.29, 0.717) is 37.7 Å². The van der Waals surface area contributed by atoms with Gasteiger partial charge in [0.25, 0.3) is 0 Å². The zero-order valence-electron chi connectivity index (χ0n) is 19.6. The highest BCUT2D eigenvalue weighted by atomic mass is 16.7. The van der Waals surface area contributed by atoms with Gasteiger partial charge in [-0.05, 0) is 32.9 Å². The fourth-order valence-electron chi connectivity index (χ4n) is 3.13. The molecular formula is C22H37N3O6. The number of carbonyl (C=O) groups excluding carboxylic acids is 1. The Hall–Kier alpha value is -2.23. The number of hydrogen-bond acceptors (Lipinski definition) is 8. The maximum absolute atomic E-state index is 12.2. The monoisotopic (exact) mass is 439 g/mol. The molecule has 31 heavy (non-hydrogen) atoms. The molecule has 9 nitrogen and oxygen atoms in total. The molecule has 0 spiro atoms. The second-order valence-electron chi connectivity index (χ2n) is 8.30. The number of anilines is 1. The van der Waals surface area contributed by atoms with Crippen molar-refractivity contribution in [2.24, 2.45) is 0 Å². The average molecular weight is 440 g/mol. The van der Waals surface area contributed by atoms with E-state index >= 15 is 0 Å². The first-order chi connectivity index (χ1) is 14.8. The maximum Gasteiger partial charge on any atom is 0.410 e. The van der Waals surface area contributed by atoms with Crippen molar-refractivity contribution in [3.63, 3.8) is 0 Å². The van der Waals surface area contributed by atoms with Gasteiger partial charge >= 0.3 is 6.09 Å². The van der Waals surface area contributed by atoms with Crippen molar-refractivity contribution >= 4 is 11.8 Å². The van der Waals surface area contributed by atoms with Crippen molar-refractivity contribution in [2.75, 3.05) is 72.5 Å². The summed E-state index contributed by atoms with van der Waals surface area (Å²) in [5.74, 6) is 1.35. The summed E-state index contributed by atoms with van der Waals surface area (Å²) in [6.45, 7) is 10.3. The van der Waals surface area contributed by atoms with Gasteiger partial charge < -0.3 is 33.9 Å². The van der Waals surface area contributed by atoms with Crippen molar-refractivity contribution in [1.29, 1.82) is 0 Å². The highest BCUT2D eigenvalue weighted by molar-refractivity contribution is 5.68. The molecule has 176 valence electrons. The minimum absolute atomic E-state index is 0.248. The molecule has 1 aromatic rings. The summed E-state index contributed by atoms with van der Waals surface area (Å²) < 4.78 is 27.3. The molecule has 1 aliphatic heterocycles. The lowest BCUT2D eigenvalue weighted by Crippen LogP contribution is -2.50. The highest BCUT2D eigenvalue weighted by Gasteiger charge is 2.25. The first-order valence-electron chi connectivity index (χ1n) is 10.6. The summed E-state index contributed by atoms with van der Waals surface area (Å²) in [5.41, 5.74) is 0.416. The van der Waals surface area contributed by atoms with Crippen LogP contribution in [0.2, 0.25) is 0 Å². The SMILES string of the molecule is COc1ccc(NCC(OC)OC)cc1OCCN1CCN(C(=O)OC(C)(C)C)CC1. The molecule has 0 atom stereocenters. The van der Waals surface area contributed by atoms with Crippen LogP contribution in [0.4, 0.5) is 10.5 Å². The Labute approximate surface area is 185 Å². The number of carbonyl (C=O) groups is 1. The maximum atomic E-state index is 12.2. The van der Waals surface area contributed by atoms with Crippen molar-refractivity contribution < 1.29 is 28.5 Å². The first-order valence-corrected chi connectivity index (χ1v) is 10.6. The van der Waals surface area contributed by atoms with Crippen molar-refractivity contribution in [2.45, 2.75) is 32.7 Å². The number of methoxy groups -OCH3 is 3. The topological polar surface area (TPSA) is 81.7 Å². The lowest BCUT2D eigenvalue weighted by molar-refractivity contribution is -0.0914. The molecule has 2 rings (SSSR count). The lowest BCUT2D eigenvalue weighted by Gasteiger charge is -2.35. The van der Waals surface area contributed by atoms with Crippen molar-refractivity contribution in [3.05, 3.63) is 18.2 Å². The molecule has 0 unspecified atom stereocenters. The van der Waals surface area contributed by atoms with Crippen LogP contribution in [-0.2, 0) is 14.2 Å². The molecule has 0 saturated carbocycles. The summed E-state index contributed by atoms with van der Waals surface area (Å²) in [6, 6.07) is 5.69. The molecule has 1 fully saturated rings. The zero-order chi connectivity index (χ0) is 22.9. The van der Waals surface area contributed by atoms with Gasteiger partial charge in [0.2, 0.25) is 0 Å². The van der Waals surface area contributed by atoms with E-state index < -0.39 is 5.60 Å². The van der Waals surface area contributed by atoms with Crippen LogP contribution in [0, 0.1) is 0 Å². The summed E-state index contributed by atoms with van der Waals surface area (Å²) in [5, 5.41) is 3.26. The molecule has 0 aliphatic carbocycles. The average Bonchev–Trinajstić information content (AvgIpc) is 2.74. The predicted molar refractivity (Wildman–Crippen MR) is 119 cm³/mol. The van der Waals surface area contributed by atoms with Crippen LogP contribution in [0.3, 0.4) is 0 Å². The van der Waals surface area contributed by atoms with Crippen molar-refractivity contribution in [3.8, 4) is 11.5 Å². The summed E-state index contributed by atoms with van der Waals surface area (Å²) in [7, 11) is 4.83.